The summed E-state index contributed by atoms with van der Waals surface area (Å²) in [5.74, 6) is 0.435. The molecule has 0 bridgehead atoms. The van der Waals surface area contributed by atoms with Crippen molar-refractivity contribution in [3.63, 3.8) is 0 Å². The molecule has 0 spiro atoms. The Morgan fingerprint density at radius 2 is 2.05 bits per heavy atom. The van der Waals surface area contributed by atoms with Gasteiger partial charge in [0.2, 0.25) is 10.0 Å². The van der Waals surface area contributed by atoms with Crippen molar-refractivity contribution in [2.75, 3.05) is 0 Å². The van der Waals surface area contributed by atoms with Crippen molar-refractivity contribution in [2.45, 2.75) is 56.9 Å². The Labute approximate surface area is 125 Å². The third kappa shape index (κ3) is 4.07. The minimum absolute atomic E-state index is 0.00572. The number of furan rings is 1. The molecule has 1 saturated carbocycles. The first-order chi connectivity index (χ1) is 9.77. The third-order valence-corrected chi connectivity index (χ3v) is 5.01. The maximum atomic E-state index is 12.2. The van der Waals surface area contributed by atoms with Gasteiger partial charge in [-0.1, -0.05) is 19.8 Å². The molecule has 2 rings (SSSR count). The fourth-order valence-electron chi connectivity index (χ4n) is 2.75. The van der Waals surface area contributed by atoms with E-state index in [9.17, 15) is 13.2 Å². The van der Waals surface area contributed by atoms with Crippen molar-refractivity contribution in [1.82, 2.24) is 5.32 Å². The number of carbonyl (C=O) groups is 1. The average Bonchev–Trinajstić information content (AvgIpc) is 2.66. The van der Waals surface area contributed by atoms with Gasteiger partial charge >= 0.3 is 0 Å². The molecule has 1 heterocycles. The van der Waals surface area contributed by atoms with Crippen LogP contribution in [-0.4, -0.2) is 20.4 Å². The van der Waals surface area contributed by atoms with Crippen LogP contribution in [0.2, 0.25) is 0 Å². The first-order valence-corrected chi connectivity index (χ1v) is 8.76. The monoisotopic (exact) mass is 314 g/mol. The van der Waals surface area contributed by atoms with Gasteiger partial charge in [0.25, 0.3) is 5.91 Å². The SMILES string of the molecule is Cc1oc(C(=O)NC2CCCC(C)CC2)cc1S(N)(=O)=O. The van der Waals surface area contributed by atoms with Crippen molar-refractivity contribution in [3.05, 3.63) is 17.6 Å². The Morgan fingerprint density at radius 1 is 1.33 bits per heavy atom. The number of amides is 1. The van der Waals surface area contributed by atoms with Gasteiger partial charge in [0.05, 0.1) is 0 Å². The molecule has 0 saturated heterocycles. The zero-order valence-electron chi connectivity index (χ0n) is 12.4. The summed E-state index contributed by atoms with van der Waals surface area (Å²) in [7, 11) is -3.87. The second-order valence-electron chi connectivity index (χ2n) is 5.86. The van der Waals surface area contributed by atoms with Crippen molar-refractivity contribution in [1.29, 1.82) is 0 Å². The molecule has 1 aliphatic carbocycles. The number of hydrogen-bond donors (Lipinski definition) is 2. The predicted octanol–water partition coefficient (Wildman–Crippen LogP) is 1.93. The maximum absolute atomic E-state index is 12.2. The molecular formula is C14H22N2O4S. The molecule has 7 heteroatoms. The van der Waals surface area contributed by atoms with E-state index in [1.54, 1.807) is 0 Å². The lowest BCUT2D eigenvalue weighted by molar-refractivity contribution is 0.0903. The van der Waals surface area contributed by atoms with Crippen molar-refractivity contribution >= 4 is 15.9 Å². The normalized spacial score (nSPS) is 23.6. The maximum Gasteiger partial charge on any atom is 0.287 e. The first-order valence-electron chi connectivity index (χ1n) is 7.21. The van der Waals surface area contributed by atoms with Gasteiger partial charge in [-0.15, -0.1) is 0 Å². The number of rotatable bonds is 3. The summed E-state index contributed by atoms with van der Waals surface area (Å²) in [5, 5.41) is 7.99. The molecule has 2 atom stereocenters. The molecule has 1 aliphatic rings. The summed E-state index contributed by atoms with van der Waals surface area (Å²) in [5.41, 5.74) is 0. The van der Waals surface area contributed by atoms with Gasteiger partial charge in [0, 0.05) is 12.1 Å². The van der Waals surface area contributed by atoms with Crippen LogP contribution in [0.1, 0.15) is 55.3 Å². The second-order valence-corrected chi connectivity index (χ2v) is 7.39. The van der Waals surface area contributed by atoms with Crippen LogP contribution in [0.3, 0.4) is 0 Å². The van der Waals surface area contributed by atoms with Crippen LogP contribution in [0, 0.1) is 12.8 Å². The second kappa shape index (κ2) is 6.19. The van der Waals surface area contributed by atoms with E-state index in [0.29, 0.717) is 5.92 Å². The molecule has 0 radical (unpaired) electrons. The van der Waals surface area contributed by atoms with Gasteiger partial charge in [-0.05, 0) is 32.1 Å². The van der Waals surface area contributed by atoms with Crippen LogP contribution in [0.5, 0.6) is 0 Å². The molecular weight excluding hydrogens is 292 g/mol. The number of aryl methyl sites for hydroxylation is 1. The Bertz CT molecular complexity index is 621. The van der Waals surface area contributed by atoms with E-state index in [0.717, 1.165) is 25.7 Å². The fourth-order valence-corrected chi connectivity index (χ4v) is 3.46. The Hall–Kier alpha value is -1.34. The number of nitrogens with two attached hydrogens (primary N) is 1. The lowest BCUT2D eigenvalue weighted by Crippen LogP contribution is -2.34. The van der Waals surface area contributed by atoms with E-state index in [2.05, 4.69) is 12.2 Å². The van der Waals surface area contributed by atoms with Gasteiger partial charge in [-0.3, -0.25) is 4.79 Å². The highest BCUT2D eigenvalue weighted by molar-refractivity contribution is 7.89. The lowest BCUT2D eigenvalue weighted by atomic mass is 10.0. The summed E-state index contributed by atoms with van der Waals surface area (Å²) in [6, 6.07) is 1.31. The quantitative estimate of drug-likeness (QED) is 0.832. The number of carbonyl (C=O) groups excluding carboxylic acids is 1. The molecule has 3 N–H and O–H groups in total. The van der Waals surface area contributed by atoms with E-state index in [4.69, 9.17) is 9.56 Å². The summed E-state index contributed by atoms with van der Waals surface area (Å²) in [6.07, 6.45) is 5.24. The summed E-state index contributed by atoms with van der Waals surface area (Å²) < 4.78 is 27.9. The fraction of sp³-hybridized carbons (Fsp3) is 0.643. The highest BCUT2D eigenvalue weighted by Crippen LogP contribution is 2.23. The van der Waals surface area contributed by atoms with Gasteiger partial charge in [-0.25, -0.2) is 13.6 Å². The van der Waals surface area contributed by atoms with Gasteiger partial charge in [0.15, 0.2) is 5.76 Å². The average molecular weight is 314 g/mol. The van der Waals surface area contributed by atoms with E-state index < -0.39 is 10.0 Å². The molecule has 118 valence electrons. The molecule has 0 aromatic carbocycles. The van der Waals surface area contributed by atoms with E-state index in [1.165, 1.54) is 19.4 Å². The van der Waals surface area contributed by atoms with Crippen LogP contribution in [0.25, 0.3) is 0 Å². The number of sulfonamides is 1. The highest BCUT2D eigenvalue weighted by Gasteiger charge is 2.23. The minimum atomic E-state index is -3.87. The highest BCUT2D eigenvalue weighted by atomic mass is 32.2. The molecule has 1 aromatic rings. The van der Waals surface area contributed by atoms with E-state index in [-0.39, 0.29) is 28.4 Å². The summed E-state index contributed by atoms with van der Waals surface area (Å²) >= 11 is 0. The summed E-state index contributed by atoms with van der Waals surface area (Å²) in [6.45, 7) is 3.70. The predicted molar refractivity (Wildman–Crippen MR) is 78.3 cm³/mol. The summed E-state index contributed by atoms with van der Waals surface area (Å²) in [4.78, 5) is 12.0. The minimum Gasteiger partial charge on any atom is -0.455 e. The largest absolute Gasteiger partial charge is 0.455 e. The number of primary sulfonamides is 1. The van der Waals surface area contributed by atoms with Crippen molar-refractivity contribution < 1.29 is 17.6 Å². The standard InChI is InChI=1S/C14H22N2O4S/c1-9-4-3-5-11(7-6-9)16-14(17)12-8-13(10(2)20-12)21(15,18)19/h8-9,11H,3-7H2,1-2H3,(H,16,17)(H2,15,18,19). The van der Waals surface area contributed by atoms with Crippen LogP contribution >= 0.6 is 0 Å². The molecule has 6 nitrogen and oxygen atoms in total. The topological polar surface area (TPSA) is 102 Å². The van der Waals surface area contributed by atoms with Crippen LogP contribution in [0.15, 0.2) is 15.4 Å². The molecule has 1 aromatic heterocycles. The van der Waals surface area contributed by atoms with Crippen LogP contribution < -0.4 is 10.5 Å². The third-order valence-electron chi connectivity index (χ3n) is 4.00. The molecule has 1 amide bonds. The molecule has 21 heavy (non-hydrogen) atoms. The van der Waals surface area contributed by atoms with Crippen LogP contribution in [0.4, 0.5) is 0 Å². The molecule has 2 unspecified atom stereocenters. The first kappa shape index (κ1) is 16.0. The smallest absolute Gasteiger partial charge is 0.287 e. The van der Waals surface area contributed by atoms with E-state index >= 15 is 0 Å². The number of nitrogens with one attached hydrogen (secondary N) is 1. The van der Waals surface area contributed by atoms with Crippen LogP contribution in [-0.2, 0) is 10.0 Å². The van der Waals surface area contributed by atoms with Gasteiger partial charge in [0.1, 0.15) is 10.7 Å². The van der Waals surface area contributed by atoms with Crippen molar-refractivity contribution in [3.8, 4) is 0 Å². The van der Waals surface area contributed by atoms with E-state index in [1.807, 2.05) is 0 Å². The zero-order valence-corrected chi connectivity index (χ0v) is 13.2. The molecule has 0 aliphatic heterocycles. The van der Waals surface area contributed by atoms with Gasteiger partial charge < -0.3 is 9.73 Å². The Morgan fingerprint density at radius 3 is 2.67 bits per heavy atom. The number of hydrogen-bond acceptors (Lipinski definition) is 4. The Balaban J connectivity index is 2.07. The van der Waals surface area contributed by atoms with Crippen molar-refractivity contribution in [2.24, 2.45) is 11.1 Å². The lowest BCUT2D eigenvalue weighted by Gasteiger charge is -2.15. The Kier molecular flexibility index (Phi) is 4.73. The van der Waals surface area contributed by atoms with Gasteiger partial charge in [-0.2, -0.15) is 0 Å². The zero-order chi connectivity index (χ0) is 15.6. The molecule has 1 fully saturated rings.